The molecule has 1 fully saturated rings. The highest BCUT2D eigenvalue weighted by molar-refractivity contribution is 6.00. The first-order valence-electron chi connectivity index (χ1n) is 8.98. The summed E-state index contributed by atoms with van der Waals surface area (Å²) in [5.74, 6) is 0.164. The highest BCUT2D eigenvalue weighted by Crippen LogP contribution is 2.23. The van der Waals surface area contributed by atoms with Gasteiger partial charge in [-0.2, -0.15) is 0 Å². The SMILES string of the molecule is CC(C)[C@@H](C)NC(=O)CNc1ccccc1C(=O)N1CCC[C@H]1CO. The average molecular weight is 347 g/mol. The van der Waals surface area contributed by atoms with E-state index < -0.39 is 0 Å². The Hall–Kier alpha value is -2.08. The van der Waals surface area contributed by atoms with Crippen LogP contribution < -0.4 is 10.6 Å². The molecule has 0 spiro atoms. The quantitative estimate of drug-likeness (QED) is 0.703. The van der Waals surface area contributed by atoms with Crippen LogP contribution in [0.2, 0.25) is 0 Å². The molecule has 0 aliphatic carbocycles. The second-order valence-corrected chi connectivity index (χ2v) is 6.98. The van der Waals surface area contributed by atoms with Gasteiger partial charge < -0.3 is 20.6 Å². The average Bonchev–Trinajstić information content (AvgIpc) is 3.08. The van der Waals surface area contributed by atoms with Crippen LogP contribution in [-0.4, -0.2) is 53.6 Å². The smallest absolute Gasteiger partial charge is 0.256 e. The second kappa shape index (κ2) is 8.85. The number of hydrogen-bond donors (Lipinski definition) is 3. The van der Waals surface area contributed by atoms with Gasteiger partial charge in [0.05, 0.1) is 24.8 Å². The molecule has 1 aromatic carbocycles. The van der Waals surface area contributed by atoms with Gasteiger partial charge in [0, 0.05) is 18.3 Å². The number of para-hydroxylation sites is 1. The maximum Gasteiger partial charge on any atom is 0.256 e. The minimum absolute atomic E-state index is 0.0170. The zero-order valence-corrected chi connectivity index (χ0v) is 15.3. The number of aliphatic hydroxyl groups excluding tert-OH is 1. The number of benzene rings is 1. The van der Waals surface area contributed by atoms with E-state index in [2.05, 4.69) is 24.5 Å². The Morgan fingerprint density at radius 2 is 2.00 bits per heavy atom. The van der Waals surface area contributed by atoms with Gasteiger partial charge in [-0.1, -0.05) is 26.0 Å². The summed E-state index contributed by atoms with van der Waals surface area (Å²) < 4.78 is 0. The minimum atomic E-state index is -0.115. The van der Waals surface area contributed by atoms with E-state index >= 15 is 0 Å². The third kappa shape index (κ3) is 4.95. The van der Waals surface area contributed by atoms with E-state index in [9.17, 15) is 14.7 Å². The molecule has 25 heavy (non-hydrogen) atoms. The Labute approximate surface area is 149 Å². The molecule has 1 aromatic rings. The summed E-state index contributed by atoms with van der Waals surface area (Å²) in [6, 6.07) is 7.18. The Morgan fingerprint density at radius 3 is 2.68 bits per heavy atom. The molecule has 0 saturated carbocycles. The van der Waals surface area contributed by atoms with Gasteiger partial charge in [0.25, 0.3) is 5.91 Å². The minimum Gasteiger partial charge on any atom is -0.394 e. The van der Waals surface area contributed by atoms with Crippen molar-refractivity contribution < 1.29 is 14.7 Å². The van der Waals surface area contributed by atoms with Crippen molar-refractivity contribution in [1.82, 2.24) is 10.2 Å². The summed E-state index contributed by atoms with van der Waals surface area (Å²) in [7, 11) is 0. The van der Waals surface area contributed by atoms with Crippen molar-refractivity contribution in [2.45, 2.75) is 45.7 Å². The molecule has 1 aliphatic rings. The number of nitrogens with zero attached hydrogens (tertiary/aromatic N) is 1. The van der Waals surface area contributed by atoms with Crippen molar-refractivity contribution in [3.05, 3.63) is 29.8 Å². The Kier molecular flexibility index (Phi) is 6.82. The predicted molar refractivity (Wildman–Crippen MR) is 98.5 cm³/mol. The number of hydrogen-bond acceptors (Lipinski definition) is 4. The van der Waals surface area contributed by atoms with E-state index in [0.717, 1.165) is 12.8 Å². The van der Waals surface area contributed by atoms with Crippen molar-refractivity contribution in [3.63, 3.8) is 0 Å². The maximum atomic E-state index is 12.8. The van der Waals surface area contributed by atoms with Gasteiger partial charge in [0.15, 0.2) is 0 Å². The molecule has 0 aromatic heterocycles. The van der Waals surface area contributed by atoms with Crippen molar-refractivity contribution in [2.24, 2.45) is 5.92 Å². The zero-order valence-electron chi connectivity index (χ0n) is 15.3. The van der Waals surface area contributed by atoms with Gasteiger partial charge in [0.1, 0.15) is 0 Å². The topological polar surface area (TPSA) is 81.7 Å². The van der Waals surface area contributed by atoms with E-state index in [1.165, 1.54) is 0 Å². The lowest BCUT2D eigenvalue weighted by atomic mass is 10.1. The van der Waals surface area contributed by atoms with Crippen LogP contribution in [0.1, 0.15) is 44.0 Å². The molecule has 0 unspecified atom stereocenters. The molecule has 1 heterocycles. The summed E-state index contributed by atoms with van der Waals surface area (Å²) in [4.78, 5) is 26.6. The van der Waals surface area contributed by atoms with Crippen LogP contribution in [0.15, 0.2) is 24.3 Å². The number of amides is 2. The molecule has 3 N–H and O–H groups in total. The standard InChI is InChI=1S/C19H29N3O3/c1-13(2)14(3)21-18(24)11-20-17-9-5-4-8-16(17)19(25)22-10-6-7-15(22)12-23/h4-5,8-9,13-15,20,23H,6-7,10-12H2,1-3H3,(H,21,24)/t14-,15+/m1/s1. The van der Waals surface area contributed by atoms with Gasteiger partial charge >= 0.3 is 0 Å². The fourth-order valence-electron chi connectivity index (χ4n) is 2.92. The molecule has 0 radical (unpaired) electrons. The number of aliphatic hydroxyl groups is 1. The number of carbonyl (C=O) groups is 2. The number of rotatable bonds is 7. The van der Waals surface area contributed by atoms with Crippen LogP contribution in [0.5, 0.6) is 0 Å². The molecule has 2 rings (SSSR count). The van der Waals surface area contributed by atoms with Crippen LogP contribution in [0.3, 0.4) is 0 Å². The molecule has 1 aliphatic heterocycles. The van der Waals surface area contributed by atoms with Gasteiger partial charge in [-0.25, -0.2) is 0 Å². The van der Waals surface area contributed by atoms with Crippen molar-refractivity contribution >= 4 is 17.5 Å². The molecule has 1 saturated heterocycles. The van der Waals surface area contributed by atoms with E-state index in [1.807, 2.05) is 19.1 Å². The van der Waals surface area contributed by atoms with Crippen LogP contribution in [0.4, 0.5) is 5.69 Å². The third-order valence-electron chi connectivity index (χ3n) is 4.83. The molecular formula is C19H29N3O3. The number of carbonyl (C=O) groups excluding carboxylic acids is 2. The lowest BCUT2D eigenvalue weighted by molar-refractivity contribution is -0.120. The summed E-state index contributed by atoms with van der Waals surface area (Å²) in [6.45, 7) is 6.84. The molecular weight excluding hydrogens is 318 g/mol. The van der Waals surface area contributed by atoms with E-state index in [0.29, 0.717) is 23.7 Å². The molecule has 138 valence electrons. The number of likely N-dealkylation sites (tertiary alicyclic amines) is 1. The van der Waals surface area contributed by atoms with Crippen LogP contribution in [0, 0.1) is 5.92 Å². The molecule has 2 atom stereocenters. The fourth-order valence-corrected chi connectivity index (χ4v) is 2.92. The molecule has 6 heteroatoms. The third-order valence-corrected chi connectivity index (χ3v) is 4.83. The van der Waals surface area contributed by atoms with Crippen molar-refractivity contribution in [2.75, 3.05) is 25.0 Å². The fraction of sp³-hybridized carbons (Fsp3) is 0.579. The molecule has 0 bridgehead atoms. The maximum absolute atomic E-state index is 12.8. The zero-order chi connectivity index (χ0) is 18.4. The monoisotopic (exact) mass is 347 g/mol. The number of anilines is 1. The molecule has 6 nitrogen and oxygen atoms in total. The highest BCUT2D eigenvalue weighted by atomic mass is 16.3. The van der Waals surface area contributed by atoms with Gasteiger partial charge in [0.2, 0.25) is 5.91 Å². The van der Waals surface area contributed by atoms with Gasteiger partial charge in [-0.05, 0) is 37.8 Å². The van der Waals surface area contributed by atoms with Crippen LogP contribution >= 0.6 is 0 Å². The van der Waals surface area contributed by atoms with E-state index in [4.69, 9.17) is 0 Å². The van der Waals surface area contributed by atoms with E-state index in [1.54, 1.807) is 17.0 Å². The first-order chi connectivity index (χ1) is 11.9. The normalized spacial score (nSPS) is 18.3. The van der Waals surface area contributed by atoms with Crippen LogP contribution in [0.25, 0.3) is 0 Å². The predicted octanol–water partition coefficient (Wildman–Crippen LogP) is 1.86. The summed E-state index contributed by atoms with van der Waals surface area (Å²) >= 11 is 0. The lowest BCUT2D eigenvalue weighted by Crippen LogP contribution is -2.40. The largest absolute Gasteiger partial charge is 0.394 e. The van der Waals surface area contributed by atoms with Crippen LogP contribution in [-0.2, 0) is 4.79 Å². The molecule has 2 amide bonds. The Balaban J connectivity index is 2.03. The highest BCUT2D eigenvalue weighted by Gasteiger charge is 2.29. The first-order valence-corrected chi connectivity index (χ1v) is 8.98. The number of nitrogens with one attached hydrogen (secondary N) is 2. The van der Waals surface area contributed by atoms with E-state index in [-0.39, 0.29) is 37.0 Å². The second-order valence-electron chi connectivity index (χ2n) is 6.98. The lowest BCUT2D eigenvalue weighted by Gasteiger charge is -2.24. The first kappa shape index (κ1) is 19.2. The Morgan fingerprint density at radius 1 is 1.28 bits per heavy atom. The van der Waals surface area contributed by atoms with Crippen molar-refractivity contribution in [3.8, 4) is 0 Å². The summed E-state index contributed by atoms with van der Waals surface area (Å²) in [5.41, 5.74) is 1.18. The van der Waals surface area contributed by atoms with Crippen molar-refractivity contribution in [1.29, 1.82) is 0 Å². The summed E-state index contributed by atoms with van der Waals surface area (Å²) in [5, 5.41) is 15.5. The Bertz CT molecular complexity index is 603. The van der Waals surface area contributed by atoms with Gasteiger partial charge in [-0.15, -0.1) is 0 Å². The summed E-state index contributed by atoms with van der Waals surface area (Å²) in [6.07, 6.45) is 1.73. The van der Waals surface area contributed by atoms with Gasteiger partial charge in [-0.3, -0.25) is 9.59 Å².